The summed E-state index contributed by atoms with van der Waals surface area (Å²) in [5.74, 6) is -1.03. The lowest BCUT2D eigenvalue weighted by Gasteiger charge is -2.25. The van der Waals surface area contributed by atoms with Gasteiger partial charge in [-0.15, -0.1) is 0 Å². The van der Waals surface area contributed by atoms with Gasteiger partial charge in [-0.3, -0.25) is 9.59 Å². The SMILES string of the molecule is Cc1ccccc1C(=O)CN1C(=O)[C@@H](NC(=O)Nc2ccc(Cl)c(C(F)(F)F)c2)N=C(c2ccccc2)c2ccccc21. The molecule has 43 heavy (non-hydrogen) atoms. The molecule has 0 bridgehead atoms. The topological polar surface area (TPSA) is 90.9 Å². The summed E-state index contributed by atoms with van der Waals surface area (Å²) in [6, 6.07) is 24.8. The third-order valence-corrected chi connectivity index (χ3v) is 7.13. The van der Waals surface area contributed by atoms with Crippen molar-refractivity contribution in [3.8, 4) is 0 Å². The Morgan fingerprint density at radius 3 is 2.33 bits per heavy atom. The second kappa shape index (κ2) is 12.1. The van der Waals surface area contributed by atoms with Gasteiger partial charge in [-0.05, 0) is 36.8 Å². The Kier molecular flexibility index (Phi) is 8.31. The molecule has 0 radical (unpaired) electrons. The minimum absolute atomic E-state index is 0.197. The van der Waals surface area contributed by atoms with Gasteiger partial charge in [0.05, 0.1) is 28.5 Å². The largest absolute Gasteiger partial charge is 0.417 e. The molecule has 4 aromatic rings. The monoisotopic (exact) mass is 604 g/mol. The van der Waals surface area contributed by atoms with Crippen LogP contribution in [-0.4, -0.2) is 36.1 Å². The number of hydrogen-bond acceptors (Lipinski definition) is 4. The fourth-order valence-electron chi connectivity index (χ4n) is 4.74. The third-order valence-electron chi connectivity index (χ3n) is 6.80. The van der Waals surface area contributed by atoms with Gasteiger partial charge in [-0.2, -0.15) is 13.2 Å². The normalized spacial score (nSPS) is 14.8. The minimum atomic E-state index is -4.74. The highest BCUT2D eigenvalue weighted by Gasteiger charge is 2.35. The molecule has 0 spiro atoms. The number of urea groups is 1. The van der Waals surface area contributed by atoms with E-state index in [1.165, 1.54) is 11.0 Å². The first-order valence-electron chi connectivity index (χ1n) is 13.1. The summed E-state index contributed by atoms with van der Waals surface area (Å²) >= 11 is 5.70. The number of benzodiazepines with no additional fused rings is 1. The van der Waals surface area contributed by atoms with Crippen LogP contribution < -0.4 is 15.5 Å². The van der Waals surface area contributed by atoms with Gasteiger partial charge in [-0.25, -0.2) is 9.79 Å². The van der Waals surface area contributed by atoms with Crippen molar-refractivity contribution in [2.24, 2.45) is 4.99 Å². The van der Waals surface area contributed by atoms with E-state index in [1.54, 1.807) is 79.7 Å². The molecule has 218 valence electrons. The fraction of sp³-hybridized carbons (Fsp3) is 0.125. The maximum absolute atomic E-state index is 14.0. The number of anilines is 2. The van der Waals surface area contributed by atoms with Crippen molar-refractivity contribution in [2.75, 3.05) is 16.8 Å². The molecule has 0 saturated heterocycles. The van der Waals surface area contributed by atoms with Crippen LogP contribution in [0.15, 0.2) is 102 Å². The van der Waals surface area contributed by atoms with Crippen molar-refractivity contribution in [3.63, 3.8) is 0 Å². The van der Waals surface area contributed by atoms with Gasteiger partial charge in [-0.1, -0.05) is 84.4 Å². The van der Waals surface area contributed by atoms with E-state index < -0.39 is 34.9 Å². The van der Waals surface area contributed by atoms with E-state index in [9.17, 15) is 27.6 Å². The molecule has 5 rings (SSSR count). The number of rotatable bonds is 6. The number of alkyl halides is 3. The van der Waals surface area contributed by atoms with Gasteiger partial charge in [0.25, 0.3) is 5.91 Å². The summed E-state index contributed by atoms with van der Waals surface area (Å²) in [7, 11) is 0. The van der Waals surface area contributed by atoms with Crippen LogP contribution in [0.2, 0.25) is 5.02 Å². The average Bonchev–Trinajstić information content (AvgIpc) is 3.09. The number of aryl methyl sites for hydroxylation is 1. The first-order chi connectivity index (χ1) is 20.5. The Balaban J connectivity index is 1.52. The molecule has 0 saturated carbocycles. The second-order valence-electron chi connectivity index (χ2n) is 9.72. The number of nitrogens with zero attached hydrogens (tertiary/aromatic N) is 2. The number of halogens is 4. The summed E-state index contributed by atoms with van der Waals surface area (Å²) in [6.07, 6.45) is -6.27. The van der Waals surface area contributed by atoms with Gasteiger partial charge >= 0.3 is 12.2 Å². The predicted octanol–water partition coefficient (Wildman–Crippen LogP) is 6.88. The minimum Gasteiger partial charge on any atom is -0.308 e. The molecular weight excluding hydrogens is 581 g/mol. The van der Waals surface area contributed by atoms with Gasteiger partial charge in [0.15, 0.2) is 5.78 Å². The molecule has 1 heterocycles. The summed E-state index contributed by atoms with van der Waals surface area (Å²) in [4.78, 5) is 46.4. The summed E-state index contributed by atoms with van der Waals surface area (Å²) in [5.41, 5.74) is 1.84. The molecule has 0 fully saturated rings. The highest BCUT2D eigenvalue weighted by atomic mass is 35.5. The Hall–Kier alpha value is -4.96. The van der Waals surface area contributed by atoms with Crippen molar-refractivity contribution in [2.45, 2.75) is 19.3 Å². The first kappa shape index (κ1) is 29.5. The van der Waals surface area contributed by atoms with E-state index in [0.717, 1.165) is 11.6 Å². The van der Waals surface area contributed by atoms with Crippen LogP contribution in [0.3, 0.4) is 0 Å². The highest BCUT2D eigenvalue weighted by Crippen LogP contribution is 2.36. The lowest BCUT2D eigenvalue weighted by Crippen LogP contribution is -2.50. The molecule has 0 unspecified atom stereocenters. The van der Waals surface area contributed by atoms with Gasteiger partial charge in [0.2, 0.25) is 6.17 Å². The van der Waals surface area contributed by atoms with Crippen molar-refractivity contribution >= 4 is 46.4 Å². The summed E-state index contributed by atoms with van der Waals surface area (Å²) < 4.78 is 40.1. The second-order valence-corrected chi connectivity index (χ2v) is 10.1. The number of Topliss-reactive ketones (excluding diaryl/α,β-unsaturated/α-hetero) is 1. The van der Waals surface area contributed by atoms with Gasteiger partial charge < -0.3 is 15.5 Å². The molecule has 1 aliphatic heterocycles. The standard InChI is InChI=1S/C32H24ClF3N4O3/c1-19-9-5-6-12-22(19)27(41)18-40-26-14-8-7-13-23(26)28(20-10-3-2-4-11-20)38-29(30(40)42)39-31(43)37-21-15-16-25(33)24(17-21)32(34,35)36/h2-17,29H,18H2,1H3,(H2,37,39,43)/t29-/m1/s1. The molecule has 1 atom stereocenters. The lowest BCUT2D eigenvalue weighted by atomic mass is 9.99. The zero-order valence-corrected chi connectivity index (χ0v) is 23.4. The molecule has 3 amide bonds. The number of para-hydroxylation sites is 1. The van der Waals surface area contributed by atoms with Crippen LogP contribution in [0.1, 0.15) is 32.6 Å². The van der Waals surface area contributed by atoms with E-state index in [4.69, 9.17) is 11.6 Å². The molecule has 0 aliphatic carbocycles. The average molecular weight is 605 g/mol. The number of amides is 3. The predicted molar refractivity (Wildman–Crippen MR) is 159 cm³/mol. The highest BCUT2D eigenvalue weighted by molar-refractivity contribution is 6.31. The summed E-state index contributed by atoms with van der Waals surface area (Å²) in [6.45, 7) is 1.45. The van der Waals surface area contributed by atoms with Crippen molar-refractivity contribution in [1.29, 1.82) is 0 Å². The Morgan fingerprint density at radius 2 is 1.60 bits per heavy atom. The molecular formula is C32H24ClF3N4O3. The van der Waals surface area contributed by atoms with Crippen LogP contribution in [0, 0.1) is 6.92 Å². The number of carbonyl (C=O) groups is 3. The number of fused-ring (bicyclic) bond motifs is 1. The van der Waals surface area contributed by atoms with Crippen LogP contribution in [0.4, 0.5) is 29.3 Å². The maximum Gasteiger partial charge on any atom is 0.417 e. The Labute approximate surface area is 250 Å². The molecule has 2 N–H and O–H groups in total. The number of aliphatic imine (C=N–C) groups is 1. The van der Waals surface area contributed by atoms with Crippen LogP contribution in [0.5, 0.6) is 0 Å². The van der Waals surface area contributed by atoms with E-state index >= 15 is 0 Å². The maximum atomic E-state index is 14.0. The van der Waals surface area contributed by atoms with Crippen molar-refractivity contribution in [1.82, 2.24) is 5.32 Å². The third kappa shape index (κ3) is 6.44. The molecule has 4 aromatic carbocycles. The smallest absolute Gasteiger partial charge is 0.308 e. The Morgan fingerprint density at radius 1 is 0.930 bits per heavy atom. The number of nitrogens with one attached hydrogen (secondary N) is 2. The van der Waals surface area contributed by atoms with Crippen LogP contribution in [0.25, 0.3) is 0 Å². The van der Waals surface area contributed by atoms with Crippen molar-refractivity contribution < 1.29 is 27.6 Å². The van der Waals surface area contributed by atoms with E-state index in [2.05, 4.69) is 15.6 Å². The van der Waals surface area contributed by atoms with E-state index in [1.807, 2.05) is 6.07 Å². The fourth-order valence-corrected chi connectivity index (χ4v) is 4.96. The Bertz CT molecular complexity index is 1740. The quantitative estimate of drug-likeness (QED) is 0.235. The molecule has 0 aromatic heterocycles. The number of carbonyl (C=O) groups excluding carboxylic acids is 3. The molecule has 1 aliphatic rings. The number of ketones is 1. The van der Waals surface area contributed by atoms with Crippen LogP contribution >= 0.6 is 11.6 Å². The van der Waals surface area contributed by atoms with Crippen LogP contribution in [-0.2, 0) is 11.0 Å². The summed E-state index contributed by atoms with van der Waals surface area (Å²) in [5, 5.41) is 4.26. The molecule has 7 nitrogen and oxygen atoms in total. The van der Waals surface area contributed by atoms with Gasteiger partial charge in [0, 0.05) is 22.4 Å². The lowest BCUT2D eigenvalue weighted by molar-refractivity contribution is -0.137. The number of benzene rings is 4. The van der Waals surface area contributed by atoms with E-state index in [0.29, 0.717) is 34.2 Å². The first-order valence-corrected chi connectivity index (χ1v) is 13.5. The zero-order valence-electron chi connectivity index (χ0n) is 22.7. The zero-order chi connectivity index (χ0) is 30.7. The van der Waals surface area contributed by atoms with Crippen molar-refractivity contribution in [3.05, 3.63) is 130 Å². The van der Waals surface area contributed by atoms with Gasteiger partial charge in [0.1, 0.15) is 0 Å². The molecule has 11 heteroatoms. The number of hydrogen-bond donors (Lipinski definition) is 2. The van der Waals surface area contributed by atoms with E-state index in [-0.39, 0.29) is 18.0 Å².